The Hall–Kier alpha value is -4.59. The van der Waals surface area contributed by atoms with E-state index in [0.29, 0.717) is 47.3 Å². The molecule has 0 bridgehead atoms. The average molecular weight is 485 g/mol. The number of esters is 1. The minimum Gasteiger partial charge on any atom is -0.490 e. The molecule has 1 amide bonds. The van der Waals surface area contributed by atoms with Crippen LogP contribution in [0, 0.1) is 6.92 Å². The molecule has 2 heterocycles. The van der Waals surface area contributed by atoms with Crippen LogP contribution in [0.3, 0.4) is 0 Å². The smallest absolute Gasteiger partial charge is 0.342 e. The molecule has 36 heavy (non-hydrogen) atoms. The van der Waals surface area contributed by atoms with Gasteiger partial charge in [0.25, 0.3) is 5.91 Å². The summed E-state index contributed by atoms with van der Waals surface area (Å²) in [5, 5.41) is 2.94. The normalized spacial score (nSPS) is 12.6. The zero-order chi connectivity index (χ0) is 25.1. The van der Waals surface area contributed by atoms with Crippen molar-refractivity contribution >= 4 is 28.5 Å². The Balaban J connectivity index is 1.34. The van der Waals surface area contributed by atoms with E-state index in [4.69, 9.17) is 18.6 Å². The molecular weight excluding hydrogens is 462 g/mol. The molecule has 1 aliphatic heterocycles. The molecule has 3 aromatic carbocycles. The van der Waals surface area contributed by atoms with Crippen molar-refractivity contribution in [3.8, 4) is 22.8 Å². The first-order valence-electron chi connectivity index (χ1n) is 11.5. The van der Waals surface area contributed by atoms with Crippen LogP contribution in [0.15, 0.2) is 75.9 Å². The summed E-state index contributed by atoms with van der Waals surface area (Å²) in [6.45, 7) is 2.25. The second-order valence-corrected chi connectivity index (χ2v) is 8.27. The van der Waals surface area contributed by atoms with Crippen molar-refractivity contribution in [1.82, 2.24) is 0 Å². The minimum absolute atomic E-state index is 0.0603. The van der Waals surface area contributed by atoms with Gasteiger partial charge in [-0.05, 0) is 31.2 Å². The summed E-state index contributed by atoms with van der Waals surface area (Å²) in [7, 11) is 0. The van der Waals surface area contributed by atoms with Gasteiger partial charge in [0.05, 0.1) is 18.6 Å². The lowest BCUT2D eigenvalue weighted by Crippen LogP contribution is -2.21. The molecule has 0 saturated heterocycles. The molecule has 1 N–H and O–H groups in total. The molecule has 5 rings (SSSR count). The van der Waals surface area contributed by atoms with Crippen LogP contribution in [0.5, 0.6) is 11.5 Å². The van der Waals surface area contributed by atoms with Crippen LogP contribution < -0.4 is 20.2 Å². The SMILES string of the molecule is Cc1c(-c2ccccc2)oc2c(C(=O)OCC(=O)Nc3ccc4c(c3)OCCCO4)cccc2c1=O. The minimum atomic E-state index is -0.777. The Bertz CT molecular complexity index is 1510. The van der Waals surface area contributed by atoms with Gasteiger partial charge in [0.1, 0.15) is 11.3 Å². The molecule has 4 aromatic rings. The molecular formula is C28H23NO7. The Labute approximate surface area is 206 Å². The molecule has 0 aliphatic carbocycles. The van der Waals surface area contributed by atoms with E-state index >= 15 is 0 Å². The lowest BCUT2D eigenvalue weighted by Gasteiger charge is -2.12. The van der Waals surface area contributed by atoms with Gasteiger partial charge in [-0.15, -0.1) is 0 Å². The highest BCUT2D eigenvalue weighted by atomic mass is 16.5. The number of benzene rings is 3. The third kappa shape index (κ3) is 4.65. The zero-order valence-electron chi connectivity index (χ0n) is 19.5. The van der Waals surface area contributed by atoms with Crippen LogP contribution in [0.4, 0.5) is 5.69 Å². The van der Waals surface area contributed by atoms with E-state index in [1.807, 2.05) is 30.3 Å². The van der Waals surface area contributed by atoms with Gasteiger partial charge in [-0.2, -0.15) is 0 Å². The highest BCUT2D eigenvalue weighted by Crippen LogP contribution is 2.32. The summed E-state index contributed by atoms with van der Waals surface area (Å²) in [4.78, 5) is 38.3. The lowest BCUT2D eigenvalue weighted by atomic mass is 10.0. The predicted octanol–water partition coefficient (Wildman–Crippen LogP) is 4.73. The largest absolute Gasteiger partial charge is 0.490 e. The van der Waals surface area contributed by atoms with Crippen LogP contribution in [0.2, 0.25) is 0 Å². The topological polar surface area (TPSA) is 104 Å². The van der Waals surface area contributed by atoms with Crippen molar-refractivity contribution in [2.75, 3.05) is 25.1 Å². The fourth-order valence-corrected chi connectivity index (χ4v) is 3.98. The van der Waals surface area contributed by atoms with Crippen LogP contribution >= 0.6 is 0 Å². The monoisotopic (exact) mass is 485 g/mol. The van der Waals surface area contributed by atoms with Gasteiger partial charge < -0.3 is 23.9 Å². The quantitative estimate of drug-likeness (QED) is 0.408. The zero-order valence-corrected chi connectivity index (χ0v) is 19.5. The second kappa shape index (κ2) is 9.95. The van der Waals surface area contributed by atoms with Gasteiger partial charge in [-0.3, -0.25) is 9.59 Å². The molecule has 0 spiro atoms. The molecule has 0 fully saturated rings. The third-order valence-electron chi connectivity index (χ3n) is 5.77. The number of para-hydroxylation sites is 1. The Morgan fingerprint density at radius 3 is 2.53 bits per heavy atom. The van der Waals surface area contributed by atoms with Gasteiger partial charge >= 0.3 is 5.97 Å². The fourth-order valence-electron chi connectivity index (χ4n) is 3.98. The molecule has 0 saturated carbocycles. The summed E-state index contributed by atoms with van der Waals surface area (Å²) in [6, 6.07) is 18.9. The molecule has 0 radical (unpaired) electrons. The van der Waals surface area contributed by atoms with Crippen molar-refractivity contribution in [3.63, 3.8) is 0 Å². The first kappa shape index (κ1) is 23.2. The Kier molecular flexibility index (Phi) is 6.40. The summed E-state index contributed by atoms with van der Waals surface area (Å²) in [5.41, 5.74) is 1.57. The van der Waals surface area contributed by atoms with Crippen molar-refractivity contribution < 1.29 is 28.2 Å². The van der Waals surface area contributed by atoms with E-state index in [9.17, 15) is 14.4 Å². The first-order chi connectivity index (χ1) is 17.5. The maximum atomic E-state index is 13.0. The van der Waals surface area contributed by atoms with Crippen molar-refractivity contribution in [1.29, 1.82) is 0 Å². The van der Waals surface area contributed by atoms with Gasteiger partial charge in [-0.25, -0.2) is 4.79 Å². The van der Waals surface area contributed by atoms with E-state index < -0.39 is 18.5 Å². The fraction of sp³-hybridized carbons (Fsp3) is 0.179. The average Bonchev–Trinajstić information content (AvgIpc) is 3.14. The number of nitrogens with one attached hydrogen (secondary N) is 1. The van der Waals surface area contributed by atoms with Crippen LogP contribution in [-0.2, 0) is 9.53 Å². The third-order valence-corrected chi connectivity index (χ3v) is 5.77. The maximum absolute atomic E-state index is 13.0. The highest BCUT2D eigenvalue weighted by Gasteiger charge is 2.20. The maximum Gasteiger partial charge on any atom is 0.342 e. The van der Waals surface area contributed by atoms with E-state index in [2.05, 4.69) is 5.32 Å². The van der Waals surface area contributed by atoms with Crippen LogP contribution in [-0.4, -0.2) is 31.7 Å². The predicted molar refractivity (Wildman–Crippen MR) is 134 cm³/mol. The van der Waals surface area contributed by atoms with Crippen molar-refractivity contribution in [2.24, 2.45) is 0 Å². The second-order valence-electron chi connectivity index (χ2n) is 8.27. The van der Waals surface area contributed by atoms with Crippen molar-refractivity contribution in [2.45, 2.75) is 13.3 Å². The molecule has 0 unspecified atom stereocenters. The van der Waals surface area contributed by atoms with Crippen LogP contribution in [0.1, 0.15) is 22.3 Å². The number of carbonyl (C=O) groups is 2. The Morgan fingerprint density at radius 2 is 1.72 bits per heavy atom. The van der Waals surface area contributed by atoms with Gasteiger partial charge in [0, 0.05) is 29.3 Å². The number of hydrogen-bond acceptors (Lipinski definition) is 7. The number of amides is 1. The van der Waals surface area contributed by atoms with Gasteiger partial charge in [0.15, 0.2) is 29.1 Å². The standard InChI is InChI=1S/C28H23NO7/c1-17-25(31)20-9-5-10-21(27(20)36-26(17)18-7-3-2-4-8-18)28(32)35-16-24(30)29-19-11-12-22-23(15-19)34-14-6-13-33-22/h2-5,7-12,15H,6,13-14,16H2,1H3,(H,29,30). The lowest BCUT2D eigenvalue weighted by molar-refractivity contribution is -0.119. The molecule has 1 aromatic heterocycles. The van der Waals surface area contributed by atoms with Crippen LogP contribution in [0.25, 0.3) is 22.3 Å². The summed E-state index contributed by atoms with van der Waals surface area (Å²) >= 11 is 0. The van der Waals surface area contributed by atoms with E-state index in [1.165, 1.54) is 6.07 Å². The van der Waals surface area contributed by atoms with Crippen molar-refractivity contribution in [3.05, 3.63) is 88.1 Å². The summed E-state index contributed by atoms with van der Waals surface area (Å²) < 4.78 is 22.5. The van der Waals surface area contributed by atoms with E-state index in [0.717, 1.165) is 6.42 Å². The highest BCUT2D eigenvalue weighted by molar-refractivity contribution is 6.03. The Morgan fingerprint density at radius 1 is 0.944 bits per heavy atom. The first-order valence-corrected chi connectivity index (χ1v) is 11.5. The molecule has 1 aliphatic rings. The molecule has 8 nitrogen and oxygen atoms in total. The summed E-state index contributed by atoms with van der Waals surface area (Å²) in [5.74, 6) is 0.221. The number of ether oxygens (including phenoxy) is 3. The number of hydrogen-bond donors (Lipinski definition) is 1. The number of fused-ring (bicyclic) bond motifs is 2. The molecule has 0 atom stereocenters. The van der Waals surface area contributed by atoms with Gasteiger partial charge in [0.2, 0.25) is 0 Å². The number of anilines is 1. The number of rotatable bonds is 5. The number of carbonyl (C=O) groups excluding carboxylic acids is 2. The van der Waals surface area contributed by atoms with E-state index in [-0.39, 0.29) is 22.0 Å². The molecule has 182 valence electrons. The summed E-state index contributed by atoms with van der Waals surface area (Å²) in [6.07, 6.45) is 0.771. The van der Waals surface area contributed by atoms with E-state index in [1.54, 1.807) is 37.3 Å². The van der Waals surface area contributed by atoms with Gasteiger partial charge in [-0.1, -0.05) is 36.4 Å². The molecule has 8 heteroatoms.